The molecular formula is C22H30O6. The van der Waals surface area contributed by atoms with E-state index in [1.165, 1.54) is 24.3 Å². The number of aromatic hydroxyl groups is 1. The summed E-state index contributed by atoms with van der Waals surface area (Å²) in [5, 5.41) is 19.1. The van der Waals surface area contributed by atoms with E-state index in [9.17, 15) is 19.8 Å². The van der Waals surface area contributed by atoms with Gasteiger partial charge in [-0.3, -0.25) is 0 Å². The second-order valence-corrected chi connectivity index (χ2v) is 8.15. The van der Waals surface area contributed by atoms with Crippen molar-refractivity contribution in [3.63, 3.8) is 0 Å². The van der Waals surface area contributed by atoms with Crippen molar-refractivity contribution in [1.29, 1.82) is 0 Å². The highest BCUT2D eigenvalue weighted by Gasteiger charge is 2.44. The molecule has 1 saturated heterocycles. The van der Waals surface area contributed by atoms with Crippen LogP contribution in [0.3, 0.4) is 0 Å². The molecule has 154 valence electrons. The van der Waals surface area contributed by atoms with Crippen LogP contribution < -0.4 is 0 Å². The third kappa shape index (κ3) is 5.35. The maximum Gasteiger partial charge on any atom is 0.338 e. The van der Waals surface area contributed by atoms with Gasteiger partial charge in [0.1, 0.15) is 12.4 Å². The summed E-state index contributed by atoms with van der Waals surface area (Å²) in [6.45, 7) is 7.99. The summed E-state index contributed by atoms with van der Waals surface area (Å²) < 4.78 is 10.7. The number of rotatable bonds is 8. The average molecular weight is 390 g/mol. The number of phenolic OH excluding ortho intramolecular Hbond substituents is 1. The normalized spacial score (nSPS) is 21.0. The Labute approximate surface area is 166 Å². The van der Waals surface area contributed by atoms with Gasteiger partial charge in [0.05, 0.1) is 12.2 Å². The smallest absolute Gasteiger partial charge is 0.338 e. The third-order valence-corrected chi connectivity index (χ3v) is 5.29. The number of carbonyl (C=O) groups is 2. The van der Waals surface area contributed by atoms with Gasteiger partial charge >= 0.3 is 11.9 Å². The minimum atomic E-state index is -1.25. The van der Waals surface area contributed by atoms with Crippen LogP contribution in [0.25, 0.3) is 0 Å². The van der Waals surface area contributed by atoms with E-state index in [2.05, 4.69) is 27.7 Å². The molecule has 6 nitrogen and oxygen atoms in total. The molecule has 2 N–H and O–H groups in total. The number of hydrogen-bond acceptors (Lipinski definition) is 6. The number of carbonyl (C=O) groups excluding carboxylic acids is 2. The molecule has 1 aromatic carbocycles. The number of aliphatic hydroxyl groups excluding tert-OH is 1. The van der Waals surface area contributed by atoms with Gasteiger partial charge in [0.25, 0.3) is 0 Å². The van der Waals surface area contributed by atoms with Gasteiger partial charge in [0.15, 0.2) is 5.60 Å². The van der Waals surface area contributed by atoms with Crippen molar-refractivity contribution in [2.75, 3.05) is 13.2 Å². The highest BCUT2D eigenvalue weighted by molar-refractivity contribution is 5.92. The molecule has 1 unspecified atom stereocenters. The zero-order valence-corrected chi connectivity index (χ0v) is 17.0. The summed E-state index contributed by atoms with van der Waals surface area (Å²) in [5.41, 5.74) is -0.468. The standard InChI is InChI=1S/C22H30O6/c1-14(2)19(15(3)4)10-7-17-11-22(12-23,28-21(17)26)13-27-20(25)16-5-8-18(24)9-6-16/h5-9,14-15,19,23-24H,10-13H2,1-4H3/b17-7-. The van der Waals surface area contributed by atoms with Crippen LogP contribution in [-0.2, 0) is 14.3 Å². The molecule has 28 heavy (non-hydrogen) atoms. The van der Waals surface area contributed by atoms with Crippen LogP contribution in [0.1, 0.15) is 50.9 Å². The predicted molar refractivity (Wildman–Crippen MR) is 105 cm³/mol. The number of hydrogen-bond donors (Lipinski definition) is 2. The molecule has 0 bridgehead atoms. The maximum absolute atomic E-state index is 12.3. The Hall–Kier alpha value is -2.34. The number of cyclic esters (lactones) is 1. The van der Waals surface area contributed by atoms with Gasteiger partial charge in [-0.15, -0.1) is 0 Å². The van der Waals surface area contributed by atoms with Gasteiger partial charge in [0.2, 0.25) is 0 Å². The van der Waals surface area contributed by atoms with Crippen molar-refractivity contribution < 1.29 is 29.3 Å². The van der Waals surface area contributed by atoms with Gasteiger partial charge < -0.3 is 19.7 Å². The fourth-order valence-electron chi connectivity index (χ4n) is 3.56. The van der Waals surface area contributed by atoms with Crippen molar-refractivity contribution in [3.8, 4) is 5.75 Å². The molecule has 0 aliphatic carbocycles. The van der Waals surface area contributed by atoms with Crippen LogP contribution in [0, 0.1) is 17.8 Å². The summed E-state index contributed by atoms with van der Waals surface area (Å²) in [5.74, 6) is 0.383. The minimum absolute atomic E-state index is 0.0454. The topological polar surface area (TPSA) is 93.1 Å². The molecule has 0 saturated carbocycles. The Balaban J connectivity index is 2.03. The molecule has 1 aromatic rings. The van der Waals surface area contributed by atoms with Crippen LogP contribution in [0.2, 0.25) is 0 Å². The Kier molecular flexibility index (Phi) is 7.24. The van der Waals surface area contributed by atoms with E-state index in [0.29, 0.717) is 23.3 Å². The number of ether oxygens (including phenoxy) is 2. The van der Waals surface area contributed by atoms with E-state index in [4.69, 9.17) is 9.47 Å². The SMILES string of the molecule is CC(C)C(C/C=C1/CC(CO)(COC(=O)c2ccc(O)cc2)OC1=O)C(C)C. The first-order chi connectivity index (χ1) is 13.2. The molecule has 1 aliphatic heterocycles. The van der Waals surface area contributed by atoms with Crippen molar-refractivity contribution in [1.82, 2.24) is 0 Å². The molecule has 1 fully saturated rings. The molecule has 2 rings (SSSR count). The van der Waals surface area contributed by atoms with E-state index in [0.717, 1.165) is 6.42 Å². The third-order valence-electron chi connectivity index (χ3n) is 5.29. The fourth-order valence-corrected chi connectivity index (χ4v) is 3.56. The Morgan fingerprint density at radius 1 is 1.21 bits per heavy atom. The van der Waals surface area contributed by atoms with Crippen molar-refractivity contribution in [2.24, 2.45) is 17.8 Å². The van der Waals surface area contributed by atoms with Crippen LogP contribution in [-0.4, -0.2) is 41.0 Å². The van der Waals surface area contributed by atoms with Gasteiger partial charge in [-0.25, -0.2) is 9.59 Å². The number of allylic oxidation sites excluding steroid dienone is 1. The number of esters is 2. The highest BCUT2D eigenvalue weighted by Crippen LogP contribution is 2.33. The molecule has 0 radical (unpaired) electrons. The lowest BCUT2D eigenvalue weighted by atomic mass is 9.82. The van der Waals surface area contributed by atoms with Crippen LogP contribution in [0.15, 0.2) is 35.9 Å². The first kappa shape index (κ1) is 22.0. The monoisotopic (exact) mass is 390 g/mol. The molecule has 1 atom stereocenters. The van der Waals surface area contributed by atoms with Crippen molar-refractivity contribution in [3.05, 3.63) is 41.5 Å². The maximum atomic E-state index is 12.3. The molecule has 6 heteroatoms. The van der Waals surface area contributed by atoms with Crippen LogP contribution in [0.5, 0.6) is 5.75 Å². The second kappa shape index (κ2) is 9.24. The first-order valence-corrected chi connectivity index (χ1v) is 9.67. The lowest BCUT2D eigenvalue weighted by Gasteiger charge is -2.24. The van der Waals surface area contributed by atoms with Gasteiger partial charge in [-0.1, -0.05) is 33.8 Å². The van der Waals surface area contributed by atoms with Crippen molar-refractivity contribution in [2.45, 2.75) is 46.1 Å². The second-order valence-electron chi connectivity index (χ2n) is 8.15. The summed E-state index contributed by atoms with van der Waals surface area (Å²) in [6, 6.07) is 5.64. The van der Waals surface area contributed by atoms with E-state index >= 15 is 0 Å². The van der Waals surface area contributed by atoms with Crippen LogP contribution >= 0.6 is 0 Å². The Morgan fingerprint density at radius 3 is 2.36 bits per heavy atom. The van der Waals surface area contributed by atoms with E-state index in [1.807, 2.05) is 6.08 Å². The van der Waals surface area contributed by atoms with Gasteiger partial charge in [0, 0.05) is 12.0 Å². The predicted octanol–water partition coefficient (Wildman–Crippen LogP) is 3.47. The molecule has 0 amide bonds. The lowest BCUT2D eigenvalue weighted by Crippen LogP contribution is -2.39. The number of benzene rings is 1. The lowest BCUT2D eigenvalue weighted by molar-refractivity contribution is -0.154. The quantitative estimate of drug-likeness (QED) is 0.521. The van der Waals surface area contributed by atoms with E-state index in [1.54, 1.807) is 0 Å². The minimum Gasteiger partial charge on any atom is -0.508 e. The Bertz CT molecular complexity index is 711. The molecule has 1 aliphatic rings. The number of aliphatic hydroxyl groups is 1. The summed E-state index contributed by atoms with van der Waals surface area (Å²) in [4.78, 5) is 24.4. The summed E-state index contributed by atoms with van der Waals surface area (Å²) >= 11 is 0. The zero-order valence-electron chi connectivity index (χ0n) is 17.0. The Morgan fingerprint density at radius 2 is 1.82 bits per heavy atom. The van der Waals surface area contributed by atoms with E-state index < -0.39 is 24.1 Å². The summed E-state index contributed by atoms with van der Waals surface area (Å²) in [7, 11) is 0. The summed E-state index contributed by atoms with van der Waals surface area (Å²) in [6.07, 6.45) is 2.86. The number of phenols is 1. The highest BCUT2D eigenvalue weighted by atomic mass is 16.6. The van der Waals surface area contributed by atoms with Gasteiger partial charge in [-0.2, -0.15) is 0 Å². The van der Waals surface area contributed by atoms with Crippen molar-refractivity contribution >= 4 is 11.9 Å². The largest absolute Gasteiger partial charge is 0.508 e. The van der Waals surface area contributed by atoms with Crippen LogP contribution in [0.4, 0.5) is 0 Å². The fraction of sp³-hybridized carbons (Fsp3) is 0.545. The molecule has 1 heterocycles. The molecule has 0 spiro atoms. The van der Waals surface area contributed by atoms with E-state index in [-0.39, 0.29) is 24.3 Å². The molecule has 0 aromatic heterocycles. The van der Waals surface area contributed by atoms with Gasteiger partial charge in [-0.05, 0) is 48.4 Å². The molecular weight excluding hydrogens is 360 g/mol. The zero-order chi connectivity index (χ0) is 20.9. The average Bonchev–Trinajstić information content (AvgIpc) is 2.96. The first-order valence-electron chi connectivity index (χ1n) is 9.67.